The molecule has 0 bridgehead atoms. The first-order valence-corrected chi connectivity index (χ1v) is 13.0. The molecule has 1 aromatic rings. The van der Waals surface area contributed by atoms with Crippen LogP contribution < -0.4 is 5.73 Å². The fraction of sp³-hybridized carbons (Fsp3) is 0.692. The van der Waals surface area contributed by atoms with Crippen molar-refractivity contribution >= 4 is 23.5 Å². The van der Waals surface area contributed by atoms with Crippen LogP contribution in [0.3, 0.4) is 0 Å². The van der Waals surface area contributed by atoms with Crippen LogP contribution in [0, 0.1) is 17.7 Å². The van der Waals surface area contributed by atoms with Gasteiger partial charge in [-0.05, 0) is 55.2 Å². The van der Waals surface area contributed by atoms with E-state index in [4.69, 9.17) is 22.3 Å². The molecule has 4 rings (SSSR count). The number of benzene rings is 1. The normalized spacial score (nSPS) is 22.4. The Balaban J connectivity index is 1.50. The first-order chi connectivity index (χ1) is 15.5. The molecule has 1 aromatic carbocycles. The van der Waals surface area contributed by atoms with Gasteiger partial charge in [0, 0.05) is 5.02 Å². The van der Waals surface area contributed by atoms with Crippen molar-refractivity contribution in [2.45, 2.75) is 102 Å². The van der Waals surface area contributed by atoms with Crippen molar-refractivity contribution in [2.75, 3.05) is 0 Å². The summed E-state index contributed by atoms with van der Waals surface area (Å²) in [5.41, 5.74) is 6.27. The number of hydrogen-bond acceptors (Lipinski definition) is 3. The smallest absolute Gasteiger partial charge is 0.257 e. The molecule has 0 unspecified atom stereocenters. The SMILES string of the molecule is NC1=NC(CCC2CCCCC2)(CCC2CCCCC2)C(=O)N1Cc1ccc(F)cc1Cl. The maximum absolute atomic E-state index is 13.8. The summed E-state index contributed by atoms with van der Waals surface area (Å²) in [7, 11) is 0. The molecule has 32 heavy (non-hydrogen) atoms. The zero-order valence-electron chi connectivity index (χ0n) is 19.1. The van der Waals surface area contributed by atoms with Crippen molar-refractivity contribution in [3.05, 3.63) is 34.6 Å². The Morgan fingerprint density at radius 3 is 2.09 bits per heavy atom. The second-order valence-electron chi connectivity index (χ2n) is 10.2. The molecule has 2 aliphatic carbocycles. The topological polar surface area (TPSA) is 58.7 Å². The van der Waals surface area contributed by atoms with Gasteiger partial charge in [-0.2, -0.15) is 0 Å². The van der Waals surface area contributed by atoms with Gasteiger partial charge in [0.25, 0.3) is 5.91 Å². The number of hydrogen-bond donors (Lipinski definition) is 1. The van der Waals surface area contributed by atoms with Crippen molar-refractivity contribution in [2.24, 2.45) is 22.6 Å². The van der Waals surface area contributed by atoms with Gasteiger partial charge >= 0.3 is 0 Å². The van der Waals surface area contributed by atoms with E-state index in [1.165, 1.54) is 76.3 Å². The molecule has 2 fully saturated rings. The number of nitrogens with zero attached hydrogens (tertiary/aromatic N) is 2. The number of aliphatic imine (C=N–C) groups is 1. The number of carbonyl (C=O) groups is 1. The molecular weight excluding hydrogens is 425 g/mol. The molecule has 3 aliphatic rings. The third-order valence-corrected chi connectivity index (χ3v) is 8.33. The summed E-state index contributed by atoms with van der Waals surface area (Å²) >= 11 is 6.24. The van der Waals surface area contributed by atoms with Gasteiger partial charge in [-0.15, -0.1) is 0 Å². The lowest BCUT2D eigenvalue weighted by molar-refractivity contribution is -0.132. The van der Waals surface area contributed by atoms with Crippen LogP contribution in [-0.4, -0.2) is 22.3 Å². The van der Waals surface area contributed by atoms with Gasteiger partial charge in [0.05, 0.1) is 6.54 Å². The van der Waals surface area contributed by atoms with Crippen LogP contribution in [0.5, 0.6) is 0 Å². The predicted octanol–water partition coefficient (Wildman–Crippen LogP) is 6.60. The van der Waals surface area contributed by atoms with Crippen LogP contribution in [-0.2, 0) is 11.3 Å². The Hall–Kier alpha value is -1.62. The van der Waals surface area contributed by atoms with E-state index in [-0.39, 0.29) is 24.2 Å². The summed E-state index contributed by atoms with van der Waals surface area (Å²) in [4.78, 5) is 20.2. The van der Waals surface area contributed by atoms with E-state index >= 15 is 0 Å². The number of carbonyl (C=O) groups excluding carboxylic acids is 1. The van der Waals surface area contributed by atoms with E-state index in [2.05, 4.69) is 0 Å². The van der Waals surface area contributed by atoms with Crippen molar-refractivity contribution < 1.29 is 9.18 Å². The fourth-order valence-electron chi connectivity index (χ4n) is 5.94. The molecule has 0 saturated heterocycles. The maximum Gasteiger partial charge on any atom is 0.257 e. The Morgan fingerprint density at radius 2 is 1.56 bits per heavy atom. The van der Waals surface area contributed by atoms with Gasteiger partial charge in [0.2, 0.25) is 0 Å². The minimum Gasteiger partial charge on any atom is -0.369 e. The average molecular weight is 462 g/mol. The van der Waals surface area contributed by atoms with E-state index < -0.39 is 5.54 Å². The summed E-state index contributed by atoms with van der Waals surface area (Å²) in [6, 6.07) is 4.28. The predicted molar refractivity (Wildman–Crippen MR) is 128 cm³/mol. The van der Waals surface area contributed by atoms with Crippen LogP contribution in [0.2, 0.25) is 5.02 Å². The second kappa shape index (κ2) is 10.5. The van der Waals surface area contributed by atoms with Gasteiger partial charge in [0.15, 0.2) is 5.96 Å². The van der Waals surface area contributed by atoms with Crippen molar-refractivity contribution in [1.29, 1.82) is 0 Å². The summed E-state index contributed by atoms with van der Waals surface area (Å²) in [5.74, 6) is 1.28. The lowest BCUT2D eigenvalue weighted by Gasteiger charge is -2.31. The van der Waals surface area contributed by atoms with Crippen LogP contribution in [0.1, 0.15) is 95.5 Å². The quantitative estimate of drug-likeness (QED) is 0.474. The summed E-state index contributed by atoms with van der Waals surface area (Å²) < 4.78 is 13.5. The van der Waals surface area contributed by atoms with E-state index in [1.54, 1.807) is 11.0 Å². The molecule has 1 amide bonds. The van der Waals surface area contributed by atoms with Crippen LogP contribution in [0.4, 0.5) is 4.39 Å². The highest BCUT2D eigenvalue weighted by molar-refractivity contribution is 6.31. The Morgan fingerprint density at radius 1 is 1.00 bits per heavy atom. The van der Waals surface area contributed by atoms with E-state index in [0.717, 1.165) is 25.7 Å². The summed E-state index contributed by atoms with van der Waals surface area (Å²) in [5, 5.41) is 0.313. The number of halogens is 2. The van der Waals surface area contributed by atoms with Crippen LogP contribution in [0.15, 0.2) is 23.2 Å². The van der Waals surface area contributed by atoms with Crippen molar-refractivity contribution in [3.63, 3.8) is 0 Å². The zero-order chi connectivity index (χ0) is 22.6. The first-order valence-electron chi connectivity index (χ1n) is 12.6. The Kier molecular flexibility index (Phi) is 7.75. The highest BCUT2D eigenvalue weighted by atomic mass is 35.5. The molecule has 2 saturated carbocycles. The molecule has 6 heteroatoms. The number of guanidine groups is 1. The molecule has 1 heterocycles. The number of amides is 1. The lowest BCUT2D eigenvalue weighted by Crippen LogP contribution is -2.44. The van der Waals surface area contributed by atoms with Gasteiger partial charge in [-0.3, -0.25) is 9.69 Å². The van der Waals surface area contributed by atoms with Gasteiger partial charge < -0.3 is 5.73 Å². The standard InChI is InChI=1S/C26H37ClFN3O/c27-23-17-22(28)12-11-21(23)18-31-24(32)26(30-25(31)29,15-13-19-7-3-1-4-8-19)16-14-20-9-5-2-6-10-20/h11-12,17,19-20H,1-10,13-16,18H2,(H2,29,30). The highest BCUT2D eigenvalue weighted by Crippen LogP contribution is 2.39. The lowest BCUT2D eigenvalue weighted by atomic mass is 9.77. The largest absolute Gasteiger partial charge is 0.369 e. The molecule has 0 aromatic heterocycles. The monoisotopic (exact) mass is 461 g/mol. The highest BCUT2D eigenvalue weighted by Gasteiger charge is 2.47. The van der Waals surface area contributed by atoms with E-state index in [9.17, 15) is 9.18 Å². The van der Waals surface area contributed by atoms with Crippen molar-refractivity contribution in [1.82, 2.24) is 4.90 Å². The number of rotatable bonds is 8. The van der Waals surface area contributed by atoms with Gasteiger partial charge in [-0.25, -0.2) is 9.38 Å². The molecule has 0 atom stereocenters. The van der Waals surface area contributed by atoms with Gasteiger partial charge in [-0.1, -0.05) is 81.9 Å². The fourth-order valence-corrected chi connectivity index (χ4v) is 6.17. The minimum atomic E-state index is -0.745. The minimum absolute atomic E-state index is 0.00186. The van der Waals surface area contributed by atoms with Crippen LogP contribution in [0.25, 0.3) is 0 Å². The maximum atomic E-state index is 13.8. The van der Waals surface area contributed by atoms with Crippen LogP contribution >= 0.6 is 11.6 Å². The van der Waals surface area contributed by atoms with E-state index in [1.807, 2.05) is 0 Å². The zero-order valence-corrected chi connectivity index (χ0v) is 19.9. The molecule has 1 aliphatic heterocycles. The van der Waals surface area contributed by atoms with Crippen molar-refractivity contribution in [3.8, 4) is 0 Å². The van der Waals surface area contributed by atoms with Gasteiger partial charge in [0.1, 0.15) is 11.4 Å². The Labute approximate surface area is 196 Å². The molecule has 0 spiro atoms. The summed E-state index contributed by atoms with van der Waals surface area (Å²) in [6.07, 6.45) is 16.6. The van der Waals surface area contributed by atoms with E-state index in [0.29, 0.717) is 22.4 Å². The third kappa shape index (κ3) is 5.47. The Bertz CT molecular complexity index is 808. The molecule has 0 radical (unpaired) electrons. The average Bonchev–Trinajstić information content (AvgIpc) is 3.04. The molecule has 176 valence electrons. The number of nitrogens with two attached hydrogens (primary N) is 1. The molecule has 4 nitrogen and oxygen atoms in total. The first kappa shape index (κ1) is 23.5. The molecular formula is C26H37ClFN3O. The second-order valence-corrected chi connectivity index (χ2v) is 10.6. The third-order valence-electron chi connectivity index (χ3n) is 7.97. The summed E-state index contributed by atoms with van der Waals surface area (Å²) in [6.45, 7) is 0.238. The molecule has 2 N–H and O–H groups in total.